The van der Waals surface area contributed by atoms with Gasteiger partial charge in [0.25, 0.3) is 0 Å². The maximum Gasteiger partial charge on any atom is 0.336 e. The highest BCUT2D eigenvalue weighted by atomic mass is 35.5. The number of esters is 1. The smallest absolute Gasteiger partial charge is 0.336 e. The Morgan fingerprint density at radius 2 is 2.00 bits per heavy atom. The van der Waals surface area contributed by atoms with Gasteiger partial charge < -0.3 is 9.15 Å². The topological polar surface area (TPSA) is 59.8 Å². The number of benzene rings is 2. The van der Waals surface area contributed by atoms with Crippen molar-refractivity contribution >= 4 is 28.5 Å². The predicted octanol–water partition coefficient (Wildman–Crippen LogP) is 3.85. The summed E-state index contributed by atoms with van der Waals surface area (Å²) in [5.41, 5.74) is 4.01. The van der Waals surface area contributed by atoms with Gasteiger partial charge in [-0.1, -0.05) is 35.9 Å². The van der Waals surface area contributed by atoms with Gasteiger partial charge in [-0.2, -0.15) is 0 Å². The summed E-state index contributed by atoms with van der Waals surface area (Å²) in [6, 6.07) is 12.7. The summed E-state index contributed by atoms with van der Waals surface area (Å²) in [6.45, 7) is 2.87. The van der Waals surface area contributed by atoms with Crippen molar-refractivity contribution in [2.24, 2.45) is 0 Å². The van der Waals surface area contributed by atoms with Crippen LogP contribution in [0.5, 0.6) is 0 Å². The molecule has 0 amide bonds. The lowest BCUT2D eigenvalue weighted by Gasteiger charge is -2.35. The number of fused-ring (bicyclic) bond motifs is 2. The van der Waals surface area contributed by atoms with Crippen molar-refractivity contribution in [2.45, 2.75) is 32.5 Å². The Kier molecular flexibility index (Phi) is 4.96. The summed E-state index contributed by atoms with van der Waals surface area (Å²) in [7, 11) is 1.40. The predicted molar refractivity (Wildman–Crippen MR) is 107 cm³/mol. The van der Waals surface area contributed by atoms with Crippen LogP contribution in [0, 0.1) is 6.92 Å². The second kappa shape index (κ2) is 7.41. The second-order valence-corrected chi connectivity index (χ2v) is 7.51. The van der Waals surface area contributed by atoms with E-state index in [2.05, 4.69) is 6.07 Å². The monoisotopic (exact) mass is 397 g/mol. The molecular weight excluding hydrogens is 378 g/mol. The first-order chi connectivity index (χ1) is 13.5. The van der Waals surface area contributed by atoms with E-state index in [1.165, 1.54) is 18.7 Å². The average molecular weight is 398 g/mol. The first-order valence-corrected chi connectivity index (χ1v) is 9.45. The van der Waals surface area contributed by atoms with Crippen molar-refractivity contribution in [3.05, 3.63) is 80.2 Å². The van der Waals surface area contributed by atoms with Crippen LogP contribution in [-0.2, 0) is 29.0 Å². The Balaban J connectivity index is 1.77. The van der Waals surface area contributed by atoms with Gasteiger partial charge in [0.1, 0.15) is 11.6 Å². The quantitative estimate of drug-likeness (QED) is 0.496. The van der Waals surface area contributed by atoms with Crippen LogP contribution >= 0.6 is 11.6 Å². The van der Waals surface area contributed by atoms with Crippen molar-refractivity contribution in [3.63, 3.8) is 0 Å². The molecule has 28 heavy (non-hydrogen) atoms. The van der Waals surface area contributed by atoms with E-state index in [1.807, 2.05) is 36.1 Å². The molecule has 0 N–H and O–H groups in total. The molecule has 5 nitrogen and oxygen atoms in total. The van der Waals surface area contributed by atoms with Gasteiger partial charge in [-0.05, 0) is 47.7 Å². The molecule has 0 fully saturated rings. The maximum atomic E-state index is 12.4. The molecule has 0 aliphatic carbocycles. The van der Waals surface area contributed by atoms with Crippen molar-refractivity contribution in [2.75, 3.05) is 7.11 Å². The fourth-order valence-electron chi connectivity index (χ4n) is 3.81. The standard InChI is InChI=1S/C22H20ClNO4/c1-13-7-20-17(10-18(13)23)16(9-21(25)28-20)12-24-11-15-6-4-3-5-14(15)8-19(24)22(26)27-2/h3-7,9-10,19H,8,11-12H2,1-2H3/t19-/m0/s1. The molecule has 4 rings (SSSR count). The minimum absolute atomic E-state index is 0.282. The molecular formula is C22H20ClNO4. The van der Waals surface area contributed by atoms with E-state index in [9.17, 15) is 9.59 Å². The molecule has 0 radical (unpaired) electrons. The van der Waals surface area contributed by atoms with E-state index < -0.39 is 11.7 Å². The van der Waals surface area contributed by atoms with Gasteiger partial charge in [-0.25, -0.2) is 4.79 Å². The van der Waals surface area contributed by atoms with Crippen LogP contribution in [0.4, 0.5) is 0 Å². The summed E-state index contributed by atoms with van der Waals surface area (Å²) < 4.78 is 10.4. The van der Waals surface area contributed by atoms with E-state index in [0.717, 1.165) is 22.1 Å². The molecule has 0 unspecified atom stereocenters. The van der Waals surface area contributed by atoms with Crippen LogP contribution in [0.15, 0.2) is 51.7 Å². The lowest BCUT2D eigenvalue weighted by molar-refractivity contribution is -0.147. The summed E-state index contributed by atoms with van der Waals surface area (Å²) >= 11 is 6.30. The van der Waals surface area contributed by atoms with Crippen molar-refractivity contribution in [1.82, 2.24) is 4.90 Å². The number of ether oxygens (including phenoxy) is 1. The Bertz CT molecular complexity index is 1120. The fraction of sp³-hybridized carbons (Fsp3) is 0.273. The number of methoxy groups -OCH3 is 1. The van der Waals surface area contributed by atoms with Gasteiger partial charge in [0.05, 0.1) is 7.11 Å². The fourth-order valence-corrected chi connectivity index (χ4v) is 3.97. The number of hydrogen-bond donors (Lipinski definition) is 0. The molecule has 0 saturated carbocycles. The van der Waals surface area contributed by atoms with Crippen molar-refractivity contribution in [1.29, 1.82) is 0 Å². The van der Waals surface area contributed by atoms with Gasteiger partial charge >= 0.3 is 11.6 Å². The van der Waals surface area contributed by atoms with E-state index in [-0.39, 0.29) is 5.97 Å². The van der Waals surface area contributed by atoms with Crippen LogP contribution in [-0.4, -0.2) is 24.0 Å². The lowest BCUT2D eigenvalue weighted by atomic mass is 9.93. The summed E-state index contributed by atoms with van der Waals surface area (Å²) in [5.74, 6) is -0.282. The molecule has 1 aliphatic heterocycles. The van der Waals surface area contributed by atoms with Crippen molar-refractivity contribution in [3.8, 4) is 0 Å². The molecule has 1 aromatic heterocycles. The molecule has 2 aromatic carbocycles. The Morgan fingerprint density at radius 3 is 2.75 bits per heavy atom. The van der Waals surface area contributed by atoms with E-state index >= 15 is 0 Å². The Hall–Kier alpha value is -2.63. The van der Waals surface area contributed by atoms with Crippen LogP contribution in [0.2, 0.25) is 5.02 Å². The molecule has 0 saturated heterocycles. The number of rotatable bonds is 3. The summed E-state index contributed by atoms with van der Waals surface area (Å²) in [5, 5.41) is 1.38. The minimum Gasteiger partial charge on any atom is -0.468 e. The minimum atomic E-state index is -0.420. The van der Waals surface area contributed by atoms with Crippen LogP contribution in [0.3, 0.4) is 0 Å². The lowest BCUT2D eigenvalue weighted by Crippen LogP contribution is -2.45. The maximum absolute atomic E-state index is 12.4. The molecule has 0 bridgehead atoms. The highest BCUT2D eigenvalue weighted by Gasteiger charge is 2.32. The molecule has 144 valence electrons. The molecule has 1 atom stereocenters. The Morgan fingerprint density at radius 1 is 1.25 bits per heavy atom. The average Bonchev–Trinajstić information content (AvgIpc) is 2.68. The zero-order chi connectivity index (χ0) is 19.8. The highest BCUT2D eigenvalue weighted by molar-refractivity contribution is 6.32. The van der Waals surface area contributed by atoms with Crippen LogP contribution < -0.4 is 5.63 Å². The van der Waals surface area contributed by atoms with Crippen LogP contribution in [0.25, 0.3) is 11.0 Å². The molecule has 3 aromatic rings. The number of hydrogen-bond acceptors (Lipinski definition) is 5. The number of aryl methyl sites for hydroxylation is 1. The molecule has 0 spiro atoms. The first kappa shape index (κ1) is 18.7. The third-order valence-corrected chi connectivity index (χ3v) is 5.71. The van der Waals surface area contributed by atoms with Gasteiger partial charge in [0.2, 0.25) is 0 Å². The first-order valence-electron chi connectivity index (χ1n) is 9.08. The van der Waals surface area contributed by atoms with Gasteiger partial charge in [-0.15, -0.1) is 0 Å². The van der Waals surface area contributed by atoms with Crippen LogP contribution in [0.1, 0.15) is 22.3 Å². The SMILES string of the molecule is COC(=O)[C@@H]1Cc2ccccc2CN1Cc1cc(=O)oc2cc(C)c(Cl)cc12. The normalized spacial score (nSPS) is 16.8. The summed E-state index contributed by atoms with van der Waals surface area (Å²) in [4.78, 5) is 26.6. The zero-order valence-corrected chi connectivity index (χ0v) is 16.5. The number of carbonyl (C=O) groups excluding carboxylic acids is 1. The number of carbonyl (C=O) groups is 1. The zero-order valence-electron chi connectivity index (χ0n) is 15.7. The largest absolute Gasteiger partial charge is 0.468 e. The molecule has 1 aliphatic rings. The van der Waals surface area contributed by atoms with Crippen molar-refractivity contribution < 1.29 is 13.9 Å². The van der Waals surface area contributed by atoms with E-state index in [1.54, 1.807) is 6.07 Å². The second-order valence-electron chi connectivity index (χ2n) is 7.10. The van der Waals surface area contributed by atoms with E-state index in [4.69, 9.17) is 20.8 Å². The summed E-state index contributed by atoms with van der Waals surface area (Å²) in [6.07, 6.45) is 0.572. The highest BCUT2D eigenvalue weighted by Crippen LogP contribution is 2.29. The molecule has 6 heteroatoms. The third-order valence-electron chi connectivity index (χ3n) is 5.30. The van der Waals surface area contributed by atoms with Gasteiger partial charge in [-0.3, -0.25) is 9.69 Å². The Labute approximate surface area is 167 Å². The molecule has 2 heterocycles. The van der Waals surface area contributed by atoms with Gasteiger partial charge in [0.15, 0.2) is 0 Å². The number of halogens is 1. The van der Waals surface area contributed by atoms with Gasteiger partial charge in [0, 0.05) is 29.6 Å². The third kappa shape index (κ3) is 3.43. The van der Waals surface area contributed by atoms with E-state index in [0.29, 0.717) is 30.1 Å². The number of nitrogens with zero attached hydrogens (tertiary/aromatic N) is 1.